The van der Waals surface area contributed by atoms with Crippen molar-refractivity contribution in [1.82, 2.24) is 0 Å². The zero-order chi connectivity index (χ0) is 10.8. The number of rotatable bonds is 3. The smallest absolute Gasteiger partial charge is 0.0610 e. The first-order valence-corrected chi connectivity index (χ1v) is 5.78. The van der Waals surface area contributed by atoms with Gasteiger partial charge in [-0.15, -0.1) is 6.58 Å². The third-order valence-corrected chi connectivity index (χ3v) is 3.82. The van der Waals surface area contributed by atoms with Gasteiger partial charge in [0.05, 0.1) is 6.10 Å². The molecule has 0 aromatic heterocycles. The van der Waals surface area contributed by atoms with E-state index in [0.717, 1.165) is 6.42 Å². The second-order valence-electron chi connectivity index (χ2n) is 5.48. The molecule has 3 unspecified atom stereocenters. The van der Waals surface area contributed by atoms with Gasteiger partial charge in [0, 0.05) is 0 Å². The van der Waals surface area contributed by atoms with Gasteiger partial charge in [0.1, 0.15) is 0 Å². The molecule has 82 valence electrons. The Labute approximate surface area is 88.2 Å². The van der Waals surface area contributed by atoms with Crippen molar-refractivity contribution in [3.8, 4) is 0 Å². The van der Waals surface area contributed by atoms with Gasteiger partial charge < -0.3 is 5.11 Å². The van der Waals surface area contributed by atoms with Gasteiger partial charge in [-0.2, -0.15) is 0 Å². The molecular weight excluding hydrogens is 172 g/mol. The second-order valence-corrected chi connectivity index (χ2v) is 5.48. The Hall–Kier alpha value is -0.300. The van der Waals surface area contributed by atoms with Crippen LogP contribution in [0.15, 0.2) is 12.7 Å². The first-order valence-electron chi connectivity index (χ1n) is 5.78. The van der Waals surface area contributed by atoms with Crippen molar-refractivity contribution in [2.75, 3.05) is 0 Å². The van der Waals surface area contributed by atoms with Crippen LogP contribution in [-0.2, 0) is 0 Å². The predicted octanol–water partition coefficient (Wildman–Crippen LogP) is 3.39. The summed E-state index contributed by atoms with van der Waals surface area (Å²) in [6.07, 6.45) is 6.20. The first kappa shape index (κ1) is 11.8. The van der Waals surface area contributed by atoms with Crippen LogP contribution in [0, 0.1) is 17.3 Å². The number of aliphatic hydroxyl groups excluding tert-OH is 1. The molecule has 1 fully saturated rings. The van der Waals surface area contributed by atoms with Crippen LogP contribution in [0.1, 0.15) is 46.5 Å². The third kappa shape index (κ3) is 2.38. The second kappa shape index (κ2) is 4.48. The maximum atomic E-state index is 10.1. The molecule has 0 bridgehead atoms. The van der Waals surface area contributed by atoms with Crippen molar-refractivity contribution in [2.45, 2.75) is 52.6 Å². The van der Waals surface area contributed by atoms with E-state index in [1.807, 2.05) is 6.08 Å². The summed E-state index contributed by atoms with van der Waals surface area (Å²) < 4.78 is 0. The maximum absolute atomic E-state index is 10.1. The standard InChI is InChI=1S/C13H24O/c1-5-7-11(14)12-10(2)8-6-9-13(12,3)4/h5,10-12,14H,1,6-9H2,2-4H3. The normalized spacial score (nSPS) is 33.7. The van der Waals surface area contributed by atoms with Crippen molar-refractivity contribution in [2.24, 2.45) is 17.3 Å². The van der Waals surface area contributed by atoms with Gasteiger partial charge in [0.15, 0.2) is 0 Å². The third-order valence-electron chi connectivity index (χ3n) is 3.82. The first-order chi connectivity index (χ1) is 6.49. The van der Waals surface area contributed by atoms with Crippen LogP contribution in [0.3, 0.4) is 0 Å². The summed E-state index contributed by atoms with van der Waals surface area (Å²) in [4.78, 5) is 0. The molecule has 1 heteroatoms. The summed E-state index contributed by atoms with van der Waals surface area (Å²) in [5, 5.41) is 10.1. The fourth-order valence-corrected chi connectivity index (χ4v) is 3.21. The molecule has 1 N–H and O–H groups in total. The van der Waals surface area contributed by atoms with Crippen LogP contribution in [0.4, 0.5) is 0 Å². The lowest BCUT2D eigenvalue weighted by molar-refractivity contribution is -0.0256. The topological polar surface area (TPSA) is 20.2 Å². The molecule has 0 aliphatic heterocycles. The van der Waals surface area contributed by atoms with Crippen LogP contribution in [0.5, 0.6) is 0 Å². The van der Waals surface area contributed by atoms with Gasteiger partial charge in [0.25, 0.3) is 0 Å². The van der Waals surface area contributed by atoms with E-state index in [-0.39, 0.29) is 6.10 Å². The highest BCUT2D eigenvalue weighted by molar-refractivity contribution is 4.92. The maximum Gasteiger partial charge on any atom is 0.0610 e. The summed E-state index contributed by atoms with van der Waals surface area (Å²) in [6.45, 7) is 10.6. The van der Waals surface area contributed by atoms with Crippen LogP contribution in [0.25, 0.3) is 0 Å². The van der Waals surface area contributed by atoms with E-state index in [2.05, 4.69) is 27.4 Å². The average molecular weight is 196 g/mol. The van der Waals surface area contributed by atoms with Gasteiger partial charge in [-0.3, -0.25) is 0 Å². The zero-order valence-corrected chi connectivity index (χ0v) is 9.79. The molecule has 1 nitrogen and oxygen atoms in total. The highest BCUT2D eigenvalue weighted by atomic mass is 16.3. The highest BCUT2D eigenvalue weighted by Crippen LogP contribution is 2.46. The molecular formula is C13H24O. The predicted molar refractivity (Wildman–Crippen MR) is 61.1 cm³/mol. The SMILES string of the molecule is C=CCC(O)C1C(C)CCCC1(C)C. The Morgan fingerprint density at radius 3 is 2.71 bits per heavy atom. The van der Waals surface area contributed by atoms with Crippen molar-refractivity contribution in [3.63, 3.8) is 0 Å². The lowest BCUT2D eigenvalue weighted by Gasteiger charge is -2.45. The van der Waals surface area contributed by atoms with Gasteiger partial charge in [0.2, 0.25) is 0 Å². The van der Waals surface area contributed by atoms with Crippen molar-refractivity contribution in [3.05, 3.63) is 12.7 Å². The summed E-state index contributed by atoms with van der Waals surface area (Å²) in [5.74, 6) is 1.09. The molecule has 1 aliphatic carbocycles. The minimum Gasteiger partial charge on any atom is -0.392 e. The van der Waals surface area contributed by atoms with Gasteiger partial charge >= 0.3 is 0 Å². The number of hydrogen-bond acceptors (Lipinski definition) is 1. The van der Waals surface area contributed by atoms with Crippen molar-refractivity contribution < 1.29 is 5.11 Å². The molecule has 1 rings (SSSR count). The highest BCUT2D eigenvalue weighted by Gasteiger charge is 2.40. The monoisotopic (exact) mass is 196 g/mol. The van der Waals surface area contributed by atoms with E-state index in [0.29, 0.717) is 17.3 Å². The molecule has 0 heterocycles. The largest absolute Gasteiger partial charge is 0.392 e. The van der Waals surface area contributed by atoms with Crippen LogP contribution >= 0.6 is 0 Å². The Morgan fingerprint density at radius 1 is 1.57 bits per heavy atom. The molecule has 3 atom stereocenters. The van der Waals surface area contributed by atoms with E-state index >= 15 is 0 Å². The van der Waals surface area contributed by atoms with E-state index in [1.54, 1.807) is 0 Å². The van der Waals surface area contributed by atoms with E-state index in [4.69, 9.17) is 0 Å². The van der Waals surface area contributed by atoms with Crippen LogP contribution < -0.4 is 0 Å². The molecule has 0 aromatic carbocycles. The van der Waals surface area contributed by atoms with Crippen molar-refractivity contribution >= 4 is 0 Å². The molecule has 0 saturated heterocycles. The molecule has 0 aromatic rings. The van der Waals surface area contributed by atoms with Crippen molar-refractivity contribution in [1.29, 1.82) is 0 Å². The van der Waals surface area contributed by atoms with Crippen LogP contribution in [-0.4, -0.2) is 11.2 Å². The zero-order valence-electron chi connectivity index (χ0n) is 9.79. The molecule has 0 amide bonds. The fraction of sp³-hybridized carbons (Fsp3) is 0.846. The summed E-state index contributed by atoms with van der Waals surface area (Å²) in [6, 6.07) is 0. The molecule has 0 radical (unpaired) electrons. The summed E-state index contributed by atoms with van der Waals surface area (Å²) >= 11 is 0. The Morgan fingerprint density at radius 2 is 2.21 bits per heavy atom. The quantitative estimate of drug-likeness (QED) is 0.686. The average Bonchev–Trinajstić information content (AvgIpc) is 2.02. The van der Waals surface area contributed by atoms with Gasteiger partial charge in [-0.25, -0.2) is 0 Å². The lowest BCUT2D eigenvalue weighted by Crippen LogP contribution is -2.41. The molecule has 1 saturated carbocycles. The molecule has 14 heavy (non-hydrogen) atoms. The Bertz CT molecular complexity index is 195. The summed E-state index contributed by atoms with van der Waals surface area (Å²) in [5.41, 5.74) is 0.292. The van der Waals surface area contributed by atoms with E-state index in [1.165, 1.54) is 19.3 Å². The summed E-state index contributed by atoms with van der Waals surface area (Å²) in [7, 11) is 0. The lowest BCUT2D eigenvalue weighted by atomic mass is 9.62. The fourth-order valence-electron chi connectivity index (χ4n) is 3.21. The minimum atomic E-state index is -0.196. The number of aliphatic hydroxyl groups is 1. The molecule has 0 spiro atoms. The van der Waals surface area contributed by atoms with E-state index < -0.39 is 0 Å². The minimum absolute atomic E-state index is 0.196. The Kier molecular flexibility index (Phi) is 3.77. The van der Waals surface area contributed by atoms with Gasteiger partial charge in [-0.05, 0) is 30.1 Å². The van der Waals surface area contributed by atoms with Crippen LogP contribution in [0.2, 0.25) is 0 Å². The molecule has 1 aliphatic rings. The van der Waals surface area contributed by atoms with E-state index in [9.17, 15) is 5.11 Å². The number of hydrogen-bond donors (Lipinski definition) is 1. The van der Waals surface area contributed by atoms with Gasteiger partial charge in [-0.1, -0.05) is 39.7 Å². The Balaban J connectivity index is 2.73.